The summed E-state index contributed by atoms with van der Waals surface area (Å²) in [5.41, 5.74) is 0.542. The van der Waals surface area contributed by atoms with E-state index in [1.165, 1.54) is 13.2 Å². The third-order valence-electron chi connectivity index (χ3n) is 6.03. The number of likely N-dealkylation sites (tertiary alicyclic amines) is 1. The number of nitrogens with one attached hydrogen (secondary N) is 1. The second-order valence-corrected chi connectivity index (χ2v) is 7.24. The molecule has 2 aliphatic rings. The normalized spacial score (nSPS) is 20.2. The van der Waals surface area contributed by atoms with Gasteiger partial charge in [0, 0.05) is 25.7 Å². The molecule has 0 bridgehead atoms. The molecule has 0 unspecified atom stereocenters. The van der Waals surface area contributed by atoms with Gasteiger partial charge in [-0.1, -0.05) is 0 Å². The average molecular weight is 349 g/mol. The first kappa shape index (κ1) is 17.9. The predicted molar refractivity (Wildman–Crippen MR) is 92.8 cm³/mol. The van der Waals surface area contributed by atoms with Crippen LogP contribution in [0.5, 0.6) is 0 Å². The SMILES string of the molecule is CC[N+]1(C2(C(=O)Nc3c(C)cc(F)cc3C(=O)OC)CC2)CCCC1. The topological polar surface area (TPSA) is 55.4 Å². The van der Waals surface area contributed by atoms with Crippen LogP contribution < -0.4 is 5.32 Å². The maximum Gasteiger partial charge on any atom is 0.340 e. The summed E-state index contributed by atoms with van der Waals surface area (Å²) in [6.07, 6.45) is 4.01. The van der Waals surface area contributed by atoms with Gasteiger partial charge in [0.25, 0.3) is 5.91 Å². The fourth-order valence-corrected chi connectivity index (χ4v) is 4.43. The molecular formula is C19H26FN2O3+. The number of halogens is 1. The van der Waals surface area contributed by atoms with E-state index >= 15 is 0 Å². The smallest absolute Gasteiger partial charge is 0.340 e. The largest absolute Gasteiger partial charge is 0.465 e. The molecule has 1 N–H and O–H groups in total. The molecule has 1 aliphatic heterocycles. The Labute approximate surface area is 147 Å². The zero-order valence-corrected chi connectivity index (χ0v) is 15.2. The van der Waals surface area contributed by atoms with Crippen molar-refractivity contribution in [1.29, 1.82) is 0 Å². The molecule has 1 saturated carbocycles. The number of methoxy groups -OCH3 is 1. The van der Waals surface area contributed by atoms with Crippen LogP contribution in [0.15, 0.2) is 12.1 Å². The minimum Gasteiger partial charge on any atom is -0.465 e. The fraction of sp³-hybridized carbons (Fsp3) is 0.579. The highest BCUT2D eigenvalue weighted by Crippen LogP contribution is 2.50. The molecule has 5 nitrogen and oxygen atoms in total. The summed E-state index contributed by atoms with van der Waals surface area (Å²) in [5.74, 6) is -1.23. The number of likely N-dealkylation sites (N-methyl/N-ethyl adjacent to an activating group) is 1. The molecule has 1 aromatic carbocycles. The maximum absolute atomic E-state index is 13.7. The van der Waals surface area contributed by atoms with E-state index in [4.69, 9.17) is 4.74 Å². The van der Waals surface area contributed by atoms with E-state index < -0.39 is 17.3 Å². The van der Waals surface area contributed by atoms with Crippen molar-refractivity contribution in [2.75, 3.05) is 32.1 Å². The lowest BCUT2D eigenvalue weighted by Gasteiger charge is -2.40. The molecule has 1 saturated heterocycles. The quantitative estimate of drug-likeness (QED) is 0.657. The van der Waals surface area contributed by atoms with Gasteiger partial charge in [-0.2, -0.15) is 0 Å². The first-order valence-corrected chi connectivity index (χ1v) is 8.95. The minimum absolute atomic E-state index is 0.0592. The van der Waals surface area contributed by atoms with Crippen molar-refractivity contribution in [3.8, 4) is 0 Å². The number of amides is 1. The van der Waals surface area contributed by atoms with Crippen LogP contribution in [0.4, 0.5) is 10.1 Å². The van der Waals surface area contributed by atoms with Crippen molar-refractivity contribution in [1.82, 2.24) is 0 Å². The molecule has 2 fully saturated rings. The third kappa shape index (κ3) is 2.82. The fourth-order valence-electron chi connectivity index (χ4n) is 4.43. The Morgan fingerprint density at radius 2 is 1.92 bits per heavy atom. The highest BCUT2D eigenvalue weighted by atomic mass is 19.1. The summed E-state index contributed by atoms with van der Waals surface area (Å²) >= 11 is 0. The Hall–Kier alpha value is -1.95. The summed E-state index contributed by atoms with van der Waals surface area (Å²) in [5, 5.41) is 2.94. The van der Waals surface area contributed by atoms with Gasteiger partial charge in [-0.25, -0.2) is 9.18 Å². The van der Waals surface area contributed by atoms with Crippen LogP contribution in [0.1, 0.15) is 48.5 Å². The molecule has 1 aromatic rings. The van der Waals surface area contributed by atoms with Gasteiger partial charge >= 0.3 is 5.97 Å². The summed E-state index contributed by atoms with van der Waals surface area (Å²) in [7, 11) is 1.25. The number of nitrogens with zero attached hydrogens (tertiary/aromatic N) is 1. The number of quaternary nitrogens is 1. The second kappa shape index (κ2) is 6.41. The number of benzene rings is 1. The molecule has 0 spiro atoms. The molecule has 0 atom stereocenters. The lowest BCUT2D eigenvalue weighted by atomic mass is 10.1. The van der Waals surface area contributed by atoms with E-state index in [1.54, 1.807) is 6.92 Å². The maximum atomic E-state index is 13.7. The number of carbonyl (C=O) groups excluding carboxylic acids is 2. The number of carbonyl (C=O) groups is 2. The van der Waals surface area contributed by atoms with Crippen molar-refractivity contribution < 1.29 is 23.2 Å². The van der Waals surface area contributed by atoms with Gasteiger partial charge in [0.2, 0.25) is 0 Å². The number of aryl methyl sites for hydroxylation is 1. The second-order valence-electron chi connectivity index (χ2n) is 7.24. The summed E-state index contributed by atoms with van der Waals surface area (Å²) in [4.78, 5) is 25.2. The van der Waals surface area contributed by atoms with E-state index in [2.05, 4.69) is 12.2 Å². The molecule has 136 valence electrons. The molecule has 6 heteroatoms. The number of ether oxygens (including phenoxy) is 1. The summed E-state index contributed by atoms with van der Waals surface area (Å²) in [6, 6.07) is 2.44. The van der Waals surface area contributed by atoms with Crippen molar-refractivity contribution in [2.24, 2.45) is 0 Å². The molecule has 1 heterocycles. The van der Waals surface area contributed by atoms with Crippen LogP contribution in [-0.2, 0) is 9.53 Å². The van der Waals surface area contributed by atoms with Crippen LogP contribution in [0.3, 0.4) is 0 Å². The first-order chi connectivity index (χ1) is 11.9. The summed E-state index contributed by atoms with van der Waals surface area (Å²) < 4.78 is 19.3. The van der Waals surface area contributed by atoms with Crippen LogP contribution in [0.25, 0.3) is 0 Å². The van der Waals surface area contributed by atoms with E-state index in [1.807, 2.05) is 0 Å². The van der Waals surface area contributed by atoms with Gasteiger partial charge in [0.05, 0.1) is 38.0 Å². The number of rotatable bonds is 5. The summed E-state index contributed by atoms with van der Waals surface area (Å²) in [6.45, 7) is 6.80. The Balaban J connectivity index is 1.93. The number of hydrogen-bond acceptors (Lipinski definition) is 3. The Bertz CT molecular complexity index is 707. The zero-order chi connectivity index (χ0) is 18.2. The monoisotopic (exact) mass is 349 g/mol. The Morgan fingerprint density at radius 3 is 2.44 bits per heavy atom. The highest BCUT2D eigenvalue weighted by Gasteiger charge is 2.65. The molecule has 0 radical (unpaired) electrons. The van der Waals surface area contributed by atoms with Crippen molar-refractivity contribution in [3.05, 3.63) is 29.1 Å². The van der Waals surface area contributed by atoms with Gasteiger partial charge in [-0.05, 0) is 31.5 Å². The zero-order valence-electron chi connectivity index (χ0n) is 15.2. The standard InChI is InChI=1S/C19H25FN2O3/c1-4-22(9-5-6-10-22)19(7-8-19)18(24)21-16-13(2)11-14(20)12-15(16)17(23)25-3/h11-12H,4-10H2,1-3H3/p+1. The van der Waals surface area contributed by atoms with Gasteiger partial charge in [0.15, 0.2) is 5.54 Å². The van der Waals surface area contributed by atoms with Crippen molar-refractivity contribution in [3.63, 3.8) is 0 Å². The van der Waals surface area contributed by atoms with Gasteiger partial charge in [0.1, 0.15) is 5.82 Å². The van der Waals surface area contributed by atoms with Gasteiger partial charge in [-0.15, -0.1) is 0 Å². The van der Waals surface area contributed by atoms with Gasteiger partial charge in [-0.3, -0.25) is 4.79 Å². The van der Waals surface area contributed by atoms with Crippen LogP contribution in [0.2, 0.25) is 0 Å². The predicted octanol–water partition coefficient (Wildman–Crippen LogP) is 3.02. The van der Waals surface area contributed by atoms with E-state index in [-0.39, 0.29) is 11.5 Å². The lowest BCUT2D eigenvalue weighted by Crippen LogP contribution is -2.60. The number of esters is 1. The van der Waals surface area contributed by atoms with Gasteiger partial charge < -0.3 is 14.5 Å². The number of anilines is 1. The average Bonchev–Trinajstić information content (AvgIpc) is 3.28. The van der Waals surface area contributed by atoms with Crippen LogP contribution in [0, 0.1) is 12.7 Å². The molecular weight excluding hydrogens is 323 g/mol. The van der Waals surface area contributed by atoms with Crippen molar-refractivity contribution >= 4 is 17.6 Å². The molecule has 0 aromatic heterocycles. The van der Waals surface area contributed by atoms with E-state index in [0.29, 0.717) is 11.3 Å². The lowest BCUT2D eigenvalue weighted by molar-refractivity contribution is -0.940. The van der Waals surface area contributed by atoms with Crippen LogP contribution >= 0.6 is 0 Å². The van der Waals surface area contributed by atoms with E-state index in [9.17, 15) is 14.0 Å². The Morgan fingerprint density at radius 1 is 1.28 bits per heavy atom. The molecule has 1 aliphatic carbocycles. The number of hydrogen-bond donors (Lipinski definition) is 1. The van der Waals surface area contributed by atoms with E-state index in [0.717, 1.165) is 55.9 Å². The highest BCUT2D eigenvalue weighted by molar-refractivity contribution is 6.05. The minimum atomic E-state index is -0.650. The van der Waals surface area contributed by atoms with Crippen molar-refractivity contribution in [2.45, 2.75) is 45.1 Å². The third-order valence-corrected chi connectivity index (χ3v) is 6.03. The van der Waals surface area contributed by atoms with Crippen LogP contribution in [-0.4, -0.2) is 48.6 Å². The molecule has 1 amide bonds. The first-order valence-electron chi connectivity index (χ1n) is 8.95. The Kier molecular flexibility index (Phi) is 4.58. The molecule has 25 heavy (non-hydrogen) atoms. The molecule has 3 rings (SSSR count).